The van der Waals surface area contributed by atoms with Crippen LogP contribution in [0, 0.1) is 0 Å². The van der Waals surface area contributed by atoms with Gasteiger partial charge in [0, 0.05) is 23.2 Å². The Morgan fingerprint density at radius 3 is 2.88 bits per heavy atom. The lowest BCUT2D eigenvalue weighted by atomic mass is 10.0. The van der Waals surface area contributed by atoms with Crippen LogP contribution in [0.15, 0.2) is 48.5 Å². The fraction of sp³-hybridized carbons (Fsp3) is 0.350. The second-order valence-corrected chi connectivity index (χ2v) is 7.04. The fourth-order valence-electron chi connectivity index (χ4n) is 3.75. The Morgan fingerprint density at radius 1 is 1.20 bits per heavy atom. The van der Waals surface area contributed by atoms with Crippen LogP contribution < -0.4 is 10.1 Å². The van der Waals surface area contributed by atoms with E-state index >= 15 is 0 Å². The van der Waals surface area contributed by atoms with Gasteiger partial charge in [-0.05, 0) is 37.0 Å². The van der Waals surface area contributed by atoms with E-state index in [1.54, 1.807) is 0 Å². The second kappa shape index (κ2) is 6.96. The fourth-order valence-corrected chi connectivity index (χ4v) is 3.96. The zero-order valence-electron chi connectivity index (χ0n) is 14.0. The molecule has 4 nitrogen and oxygen atoms in total. The van der Waals surface area contributed by atoms with Crippen LogP contribution in [-0.4, -0.2) is 30.1 Å². The molecule has 1 fully saturated rings. The highest BCUT2D eigenvalue weighted by Gasteiger charge is 2.32. The van der Waals surface area contributed by atoms with Gasteiger partial charge in [-0.25, -0.2) is 4.79 Å². The van der Waals surface area contributed by atoms with Crippen LogP contribution >= 0.6 is 11.6 Å². The molecule has 0 saturated carbocycles. The van der Waals surface area contributed by atoms with Crippen LogP contribution in [0.4, 0.5) is 4.79 Å². The number of halogens is 1. The normalized spacial score (nSPS) is 21.7. The Labute approximate surface area is 152 Å². The van der Waals surface area contributed by atoms with Crippen LogP contribution in [-0.2, 0) is 6.42 Å². The van der Waals surface area contributed by atoms with E-state index in [9.17, 15) is 4.79 Å². The standard InChI is InChI=1S/C20H21ClN2O2/c21-17-9-3-1-6-14(17)12-15-7-5-11-23(15)20(24)22-18-13-25-19-10-4-2-8-16(18)19/h1-4,6,8-10,15,18H,5,7,11-13H2,(H,22,24). The number of rotatable bonds is 3. The van der Waals surface area contributed by atoms with Crippen molar-refractivity contribution in [2.45, 2.75) is 31.3 Å². The Balaban J connectivity index is 1.44. The topological polar surface area (TPSA) is 41.6 Å². The lowest BCUT2D eigenvalue weighted by Crippen LogP contribution is -2.45. The van der Waals surface area contributed by atoms with E-state index in [0.29, 0.717) is 6.61 Å². The Kier molecular flexibility index (Phi) is 4.53. The minimum atomic E-state index is -0.0785. The average Bonchev–Trinajstić information content (AvgIpc) is 3.24. The van der Waals surface area contributed by atoms with Crippen molar-refractivity contribution in [1.29, 1.82) is 0 Å². The van der Waals surface area contributed by atoms with E-state index in [4.69, 9.17) is 16.3 Å². The number of carbonyl (C=O) groups is 1. The minimum Gasteiger partial charge on any atom is -0.491 e. The molecule has 2 aromatic carbocycles. The van der Waals surface area contributed by atoms with Crippen LogP contribution in [0.3, 0.4) is 0 Å². The summed E-state index contributed by atoms with van der Waals surface area (Å²) in [5.74, 6) is 0.863. The van der Waals surface area contributed by atoms with Crippen LogP contribution in [0.5, 0.6) is 5.75 Å². The smallest absolute Gasteiger partial charge is 0.318 e. The second-order valence-electron chi connectivity index (χ2n) is 6.64. The maximum Gasteiger partial charge on any atom is 0.318 e. The SMILES string of the molecule is O=C(NC1COc2ccccc21)N1CCCC1Cc1ccccc1Cl. The van der Waals surface area contributed by atoms with Gasteiger partial charge in [-0.1, -0.05) is 48.0 Å². The molecule has 2 amide bonds. The van der Waals surface area contributed by atoms with Gasteiger partial charge in [0.1, 0.15) is 12.4 Å². The van der Waals surface area contributed by atoms with Gasteiger partial charge in [0.25, 0.3) is 0 Å². The predicted molar refractivity (Wildman–Crippen MR) is 98.1 cm³/mol. The molecule has 130 valence electrons. The van der Waals surface area contributed by atoms with Gasteiger partial charge in [0.15, 0.2) is 0 Å². The molecule has 2 heterocycles. The summed E-state index contributed by atoms with van der Waals surface area (Å²) in [7, 11) is 0. The van der Waals surface area contributed by atoms with Gasteiger partial charge in [-0.15, -0.1) is 0 Å². The summed E-state index contributed by atoms with van der Waals surface area (Å²) in [5.41, 5.74) is 2.15. The van der Waals surface area contributed by atoms with Crippen molar-refractivity contribution in [3.05, 3.63) is 64.7 Å². The zero-order chi connectivity index (χ0) is 17.2. The van der Waals surface area contributed by atoms with Crippen LogP contribution in [0.2, 0.25) is 5.02 Å². The van der Waals surface area contributed by atoms with Gasteiger partial charge in [0.2, 0.25) is 0 Å². The number of amides is 2. The van der Waals surface area contributed by atoms with E-state index in [2.05, 4.69) is 5.32 Å². The van der Waals surface area contributed by atoms with Gasteiger partial charge in [-0.3, -0.25) is 0 Å². The monoisotopic (exact) mass is 356 g/mol. The van der Waals surface area contributed by atoms with Gasteiger partial charge in [0.05, 0.1) is 6.04 Å². The lowest BCUT2D eigenvalue weighted by Gasteiger charge is -2.27. The summed E-state index contributed by atoms with van der Waals surface area (Å²) < 4.78 is 5.66. The Bertz CT molecular complexity index is 780. The molecule has 4 rings (SSSR count). The Hall–Kier alpha value is -2.20. The highest BCUT2D eigenvalue weighted by Crippen LogP contribution is 2.32. The number of nitrogens with zero attached hydrogens (tertiary/aromatic N) is 1. The third kappa shape index (κ3) is 3.31. The van der Waals surface area contributed by atoms with Crippen molar-refractivity contribution in [3.8, 4) is 5.75 Å². The number of nitrogens with one attached hydrogen (secondary N) is 1. The van der Waals surface area contributed by atoms with Gasteiger partial charge >= 0.3 is 6.03 Å². The quantitative estimate of drug-likeness (QED) is 0.895. The molecule has 2 atom stereocenters. The molecule has 0 aromatic heterocycles. The summed E-state index contributed by atoms with van der Waals surface area (Å²) in [5, 5.41) is 3.91. The van der Waals surface area contributed by atoms with Crippen LogP contribution in [0.1, 0.15) is 30.0 Å². The van der Waals surface area contributed by atoms with Crippen molar-refractivity contribution in [2.75, 3.05) is 13.2 Å². The number of urea groups is 1. The molecule has 2 aliphatic rings. The molecule has 0 bridgehead atoms. The average molecular weight is 357 g/mol. The van der Waals surface area contributed by atoms with Crippen molar-refractivity contribution in [3.63, 3.8) is 0 Å². The molecule has 5 heteroatoms. The lowest BCUT2D eigenvalue weighted by molar-refractivity contribution is 0.185. The van der Waals surface area contributed by atoms with E-state index in [-0.39, 0.29) is 18.1 Å². The van der Waals surface area contributed by atoms with Crippen LogP contribution in [0.25, 0.3) is 0 Å². The minimum absolute atomic E-state index is 0.0140. The molecule has 1 N–H and O–H groups in total. The maximum absolute atomic E-state index is 12.8. The van der Waals surface area contributed by atoms with Crippen molar-refractivity contribution < 1.29 is 9.53 Å². The van der Waals surface area contributed by atoms with Gasteiger partial charge in [-0.2, -0.15) is 0 Å². The number of ether oxygens (including phenoxy) is 1. The predicted octanol–water partition coefficient (Wildman–Crippen LogP) is 4.19. The first-order chi connectivity index (χ1) is 12.2. The molecule has 0 aliphatic carbocycles. The number of fused-ring (bicyclic) bond motifs is 1. The summed E-state index contributed by atoms with van der Waals surface area (Å²) in [6, 6.07) is 15.8. The summed E-state index contributed by atoms with van der Waals surface area (Å²) >= 11 is 6.29. The van der Waals surface area contributed by atoms with E-state index in [1.165, 1.54) is 0 Å². The number of hydrogen-bond donors (Lipinski definition) is 1. The highest BCUT2D eigenvalue weighted by molar-refractivity contribution is 6.31. The summed E-state index contributed by atoms with van der Waals surface area (Å²) in [6.45, 7) is 1.28. The van der Waals surface area contributed by atoms with E-state index < -0.39 is 0 Å². The summed E-state index contributed by atoms with van der Waals surface area (Å²) in [4.78, 5) is 14.8. The van der Waals surface area contributed by atoms with E-state index in [0.717, 1.165) is 47.7 Å². The number of carbonyl (C=O) groups excluding carboxylic acids is 1. The first-order valence-electron chi connectivity index (χ1n) is 8.74. The zero-order valence-corrected chi connectivity index (χ0v) is 14.7. The number of likely N-dealkylation sites (tertiary alicyclic amines) is 1. The molecular weight excluding hydrogens is 336 g/mol. The molecule has 0 spiro atoms. The molecule has 2 unspecified atom stereocenters. The van der Waals surface area contributed by atoms with Crippen molar-refractivity contribution >= 4 is 17.6 Å². The maximum atomic E-state index is 12.8. The number of para-hydroxylation sites is 1. The largest absolute Gasteiger partial charge is 0.491 e. The third-order valence-corrected chi connectivity index (χ3v) is 5.42. The van der Waals surface area contributed by atoms with Crippen molar-refractivity contribution in [1.82, 2.24) is 10.2 Å². The molecule has 1 saturated heterocycles. The molecular formula is C20H21ClN2O2. The third-order valence-electron chi connectivity index (χ3n) is 5.05. The Morgan fingerprint density at radius 2 is 2.00 bits per heavy atom. The van der Waals surface area contributed by atoms with Gasteiger partial charge < -0.3 is 15.0 Å². The first-order valence-corrected chi connectivity index (χ1v) is 9.12. The molecule has 2 aliphatic heterocycles. The number of benzene rings is 2. The molecule has 0 radical (unpaired) electrons. The van der Waals surface area contributed by atoms with Crippen molar-refractivity contribution in [2.24, 2.45) is 0 Å². The van der Waals surface area contributed by atoms with E-state index in [1.807, 2.05) is 53.4 Å². The highest BCUT2D eigenvalue weighted by atomic mass is 35.5. The molecule has 25 heavy (non-hydrogen) atoms. The molecule has 2 aromatic rings. The number of hydrogen-bond acceptors (Lipinski definition) is 2. The summed E-state index contributed by atoms with van der Waals surface area (Å²) in [6.07, 6.45) is 2.83. The first kappa shape index (κ1) is 16.3.